The van der Waals surface area contributed by atoms with Crippen molar-refractivity contribution < 1.29 is 0 Å². The molecule has 0 bridgehead atoms. The molecule has 0 atom stereocenters. The van der Waals surface area contributed by atoms with Crippen molar-refractivity contribution in [2.45, 2.75) is 26.7 Å². The highest BCUT2D eigenvalue weighted by Gasteiger charge is 2.16. The van der Waals surface area contributed by atoms with Crippen LogP contribution in [0.15, 0.2) is 29.1 Å². The molecular formula is C18H18N2OS. The number of hydrogen-bond acceptors (Lipinski definition) is 4. The molecule has 0 N–H and O–H groups in total. The molecule has 1 aliphatic carbocycles. The molecule has 2 heterocycles. The fourth-order valence-corrected chi connectivity index (χ4v) is 4.47. The Labute approximate surface area is 133 Å². The molecule has 1 saturated heterocycles. The number of aromatic nitrogens is 1. The predicted molar refractivity (Wildman–Crippen MR) is 93.4 cm³/mol. The van der Waals surface area contributed by atoms with Gasteiger partial charge in [0.25, 0.3) is 0 Å². The molecule has 4 rings (SSSR count). The summed E-state index contributed by atoms with van der Waals surface area (Å²) in [7, 11) is 0. The van der Waals surface area contributed by atoms with Gasteiger partial charge in [-0.2, -0.15) is 0 Å². The summed E-state index contributed by atoms with van der Waals surface area (Å²) in [5, 5.41) is 0. The average molecular weight is 310 g/mol. The fraction of sp³-hybridized carbons (Fsp3) is 0.333. The first kappa shape index (κ1) is 13.7. The number of aryl methyl sites for hydroxylation is 2. The molecule has 0 aromatic heterocycles. The van der Waals surface area contributed by atoms with Crippen molar-refractivity contribution in [3.8, 4) is 10.6 Å². The second kappa shape index (κ2) is 5.06. The minimum atomic E-state index is 0.0646. The van der Waals surface area contributed by atoms with Gasteiger partial charge in [-0.05, 0) is 56.0 Å². The van der Waals surface area contributed by atoms with Crippen LogP contribution in [0.5, 0.6) is 0 Å². The first-order chi connectivity index (χ1) is 10.6. The molecule has 0 amide bonds. The highest BCUT2D eigenvalue weighted by atomic mass is 32.1. The molecule has 0 saturated carbocycles. The van der Waals surface area contributed by atoms with Gasteiger partial charge in [0.05, 0.1) is 20.8 Å². The standard InChI is InChI=1S/C18H18N2OS/c1-11-7-13(20-5-3-4-6-20)9-15-17(11)19-18-12(2)8-14(21)10-16(18)22-15/h7-10H,3-6H2,1-2H3. The maximum atomic E-state index is 11.8. The van der Waals surface area contributed by atoms with Crippen LogP contribution < -0.4 is 10.3 Å². The van der Waals surface area contributed by atoms with E-state index in [1.807, 2.05) is 6.92 Å². The number of nitrogens with zero attached hydrogens (tertiary/aromatic N) is 2. The van der Waals surface area contributed by atoms with Crippen molar-refractivity contribution in [1.29, 1.82) is 0 Å². The van der Waals surface area contributed by atoms with Crippen LogP contribution >= 0.6 is 11.3 Å². The lowest BCUT2D eigenvalue weighted by Crippen LogP contribution is -2.17. The zero-order valence-corrected chi connectivity index (χ0v) is 13.7. The quantitative estimate of drug-likeness (QED) is 0.637. The van der Waals surface area contributed by atoms with E-state index < -0.39 is 0 Å². The van der Waals surface area contributed by atoms with Gasteiger partial charge in [-0.3, -0.25) is 4.79 Å². The third-order valence-electron chi connectivity index (χ3n) is 4.40. The molecule has 0 unspecified atom stereocenters. The van der Waals surface area contributed by atoms with Crippen LogP contribution in [0, 0.1) is 13.8 Å². The van der Waals surface area contributed by atoms with Crippen LogP contribution in [0.25, 0.3) is 20.8 Å². The first-order valence-corrected chi connectivity index (χ1v) is 8.54. The zero-order valence-electron chi connectivity index (χ0n) is 12.8. The van der Waals surface area contributed by atoms with E-state index in [2.05, 4.69) is 24.0 Å². The molecule has 4 heteroatoms. The van der Waals surface area contributed by atoms with Gasteiger partial charge >= 0.3 is 0 Å². The van der Waals surface area contributed by atoms with E-state index >= 15 is 0 Å². The molecule has 1 fully saturated rings. The van der Waals surface area contributed by atoms with Crippen LogP contribution in [0.4, 0.5) is 5.69 Å². The van der Waals surface area contributed by atoms with Gasteiger partial charge in [-0.1, -0.05) is 0 Å². The summed E-state index contributed by atoms with van der Waals surface area (Å²) in [5.41, 5.74) is 5.54. The van der Waals surface area contributed by atoms with E-state index in [0.717, 1.165) is 34.7 Å². The third-order valence-corrected chi connectivity index (χ3v) is 5.47. The number of benzene rings is 2. The van der Waals surface area contributed by atoms with Crippen LogP contribution in [-0.4, -0.2) is 18.1 Å². The maximum Gasteiger partial charge on any atom is 0.180 e. The lowest BCUT2D eigenvalue weighted by molar-refractivity contribution is 0.949. The minimum Gasteiger partial charge on any atom is -0.371 e. The van der Waals surface area contributed by atoms with Gasteiger partial charge in [0.2, 0.25) is 0 Å². The van der Waals surface area contributed by atoms with Gasteiger partial charge in [0, 0.05) is 24.8 Å². The summed E-state index contributed by atoms with van der Waals surface area (Å²) >= 11 is 1.68. The average Bonchev–Trinajstić information content (AvgIpc) is 2.99. The number of fused-ring (bicyclic) bond motifs is 2. The first-order valence-electron chi connectivity index (χ1n) is 7.73. The SMILES string of the molecule is Cc1cc(=O)cc2sc3cc(N4CCCC4)cc(C)c3nc1-2. The normalized spacial score (nSPS) is 15.1. The monoisotopic (exact) mass is 310 g/mol. The molecule has 3 nitrogen and oxygen atoms in total. The molecular weight excluding hydrogens is 292 g/mol. The summed E-state index contributed by atoms with van der Waals surface area (Å²) in [4.78, 5) is 20.0. The van der Waals surface area contributed by atoms with E-state index in [4.69, 9.17) is 4.98 Å². The van der Waals surface area contributed by atoms with Gasteiger partial charge in [0.1, 0.15) is 0 Å². The Balaban J connectivity index is 1.99. The Bertz CT molecular complexity index is 894. The predicted octanol–water partition coefficient (Wildman–Crippen LogP) is 3.98. The van der Waals surface area contributed by atoms with Crippen LogP contribution in [-0.2, 0) is 0 Å². The van der Waals surface area contributed by atoms with E-state index in [1.54, 1.807) is 23.5 Å². The molecule has 112 valence electrons. The molecule has 0 radical (unpaired) electrons. The van der Waals surface area contributed by atoms with Gasteiger partial charge in [0.15, 0.2) is 5.43 Å². The third kappa shape index (κ3) is 2.18. The molecule has 2 aliphatic heterocycles. The highest BCUT2D eigenvalue weighted by molar-refractivity contribution is 7.21. The summed E-state index contributed by atoms with van der Waals surface area (Å²) in [6.45, 7) is 6.37. The van der Waals surface area contributed by atoms with Gasteiger partial charge in [-0.15, -0.1) is 11.3 Å². The second-order valence-electron chi connectivity index (χ2n) is 6.10. The van der Waals surface area contributed by atoms with Crippen LogP contribution in [0.2, 0.25) is 0 Å². The fourth-order valence-electron chi connectivity index (χ4n) is 3.27. The van der Waals surface area contributed by atoms with Crippen molar-refractivity contribution in [1.82, 2.24) is 4.98 Å². The Morgan fingerprint density at radius 1 is 1.05 bits per heavy atom. The summed E-state index contributed by atoms with van der Waals surface area (Å²) in [6.07, 6.45) is 2.55. The minimum absolute atomic E-state index is 0.0646. The van der Waals surface area contributed by atoms with Crippen molar-refractivity contribution in [3.05, 3.63) is 45.6 Å². The van der Waals surface area contributed by atoms with Crippen molar-refractivity contribution in [2.75, 3.05) is 18.0 Å². The summed E-state index contributed by atoms with van der Waals surface area (Å²) < 4.78 is 1.17. The number of rotatable bonds is 1. The number of anilines is 1. The Morgan fingerprint density at radius 2 is 1.82 bits per heavy atom. The molecule has 1 aromatic carbocycles. The van der Waals surface area contributed by atoms with E-state index in [0.29, 0.717) is 0 Å². The second-order valence-corrected chi connectivity index (χ2v) is 7.19. The molecule has 1 aromatic rings. The van der Waals surface area contributed by atoms with E-state index in [9.17, 15) is 4.79 Å². The maximum absolute atomic E-state index is 11.8. The lowest BCUT2D eigenvalue weighted by atomic mass is 10.1. The van der Waals surface area contributed by atoms with E-state index in [-0.39, 0.29) is 5.43 Å². The number of hydrogen-bond donors (Lipinski definition) is 0. The zero-order chi connectivity index (χ0) is 15.3. The Kier molecular flexibility index (Phi) is 3.15. The largest absolute Gasteiger partial charge is 0.371 e. The van der Waals surface area contributed by atoms with Gasteiger partial charge in [-0.25, -0.2) is 4.98 Å². The summed E-state index contributed by atoms with van der Waals surface area (Å²) in [5.74, 6) is 0. The van der Waals surface area contributed by atoms with Crippen LogP contribution in [0.1, 0.15) is 24.0 Å². The molecule has 22 heavy (non-hydrogen) atoms. The van der Waals surface area contributed by atoms with Crippen molar-refractivity contribution in [3.63, 3.8) is 0 Å². The van der Waals surface area contributed by atoms with Crippen LogP contribution in [0.3, 0.4) is 0 Å². The van der Waals surface area contributed by atoms with Crippen molar-refractivity contribution in [2.24, 2.45) is 0 Å². The topological polar surface area (TPSA) is 33.2 Å². The lowest BCUT2D eigenvalue weighted by Gasteiger charge is -2.19. The van der Waals surface area contributed by atoms with Gasteiger partial charge < -0.3 is 4.90 Å². The summed E-state index contributed by atoms with van der Waals surface area (Å²) in [6, 6.07) is 7.85. The molecule has 0 spiro atoms. The highest BCUT2D eigenvalue weighted by Crippen LogP contribution is 2.35. The Hall–Kier alpha value is -1.94. The van der Waals surface area contributed by atoms with Crippen molar-refractivity contribution >= 4 is 27.2 Å². The Morgan fingerprint density at radius 3 is 2.59 bits per heavy atom. The smallest absolute Gasteiger partial charge is 0.180 e. The molecule has 3 aliphatic rings. The van der Waals surface area contributed by atoms with E-state index in [1.165, 1.54) is 28.8 Å².